The van der Waals surface area contributed by atoms with Gasteiger partial charge in [0.05, 0.1) is 5.60 Å². The number of hydrogen-bond acceptors (Lipinski definition) is 2. The molecule has 2 nitrogen and oxygen atoms in total. The van der Waals surface area contributed by atoms with Crippen LogP contribution in [0.25, 0.3) is 0 Å². The van der Waals surface area contributed by atoms with Crippen molar-refractivity contribution in [3.8, 4) is 0 Å². The minimum Gasteiger partial charge on any atom is -0.351 e. The molecule has 1 aliphatic heterocycles. The van der Waals surface area contributed by atoms with Gasteiger partial charge in [-0.2, -0.15) is 0 Å². The number of hydrogen-bond donors (Lipinski definition) is 0. The van der Waals surface area contributed by atoms with E-state index in [1.54, 1.807) is 0 Å². The van der Waals surface area contributed by atoms with Crippen molar-refractivity contribution in [3.05, 3.63) is 12.2 Å². The van der Waals surface area contributed by atoms with Gasteiger partial charge >= 0.3 is 0 Å². The molecular formula is C17H29NO. The average molecular weight is 263 g/mol. The van der Waals surface area contributed by atoms with Crippen LogP contribution in [-0.4, -0.2) is 29.3 Å². The van der Waals surface area contributed by atoms with Gasteiger partial charge in [-0.1, -0.05) is 26.8 Å². The molecule has 3 unspecified atom stereocenters. The summed E-state index contributed by atoms with van der Waals surface area (Å²) in [5.74, 6) is 1.64. The van der Waals surface area contributed by atoms with Crippen LogP contribution in [0, 0.1) is 17.3 Å². The van der Waals surface area contributed by atoms with E-state index in [9.17, 15) is 0 Å². The van der Waals surface area contributed by atoms with E-state index in [1.807, 2.05) is 0 Å². The molecule has 19 heavy (non-hydrogen) atoms. The topological polar surface area (TPSA) is 12.5 Å². The summed E-state index contributed by atoms with van der Waals surface area (Å²) in [6.07, 6.45) is 8.50. The fourth-order valence-electron chi connectivity index (χ4n) is 5.11. The SMILES string of the molecule is CC=CC1OC2(C)C(C[C@H]3C[C@@H]2C3(C)C)N1CCC. The van der Waals surface area contributed by atoms with Gasteiger partial charge in [-0.3, -0.25) is 4.90 Å². The Kier molecular flexibility index (Phi) is 3.10. The predicted octanol–water partition coefficient (Wildman–Crippen LogP) is 3.82. The lowest BCUT2D eigenvalue weighted by Crippen LogP contribution is -2.67. The van der Waals surface area contributed by atoms with Gasteiger partial charge in [0.2, 0.25) is 0 Å². The summed E-state index contributed by atoms with van der Waals surface area (Å²) in [5.41, 5.74) is 0.547. The number of rotatable bonds is 3. The fourth-order valence-corrected chi connectivity index (χ4v) is 5.11. The normalized spacial score (nSPS) is 48.3. The van der Waals surface area contributed by atoms with Gasteiger partial charge in [-0.25, -0.2) is 0 Å². The Morgan fingerprint density at radius 3 is 2.58 bits per heavy atom. The molecule has 0 aromatic carbocycles. The van der Waals surface area contributed by atoms with E-state index >= 15 is 0 Å². The molecule has 5 atom stereocenters. The second-order valence-electron chi connectivity index (χ2n) is 7.51. The highest BCUT2D eigenvalue weighted by Crippen LogP contribution is 2.66. The lowest BCUT2D eigenvalue weighted by molar-refractivity contribution is -0.204. The van der Waals surface area contributed by atoms with Gasteiger partial charge in [-0.15, -0.1) is 0 Å². The zero-order valence-corrected chi connectivity index (χ0v) is 13.1. The molecule has 0 spiro atoms. The minimum absolute atomic E-state index is 0.0671. The molecule has 0 aromatic heterocycles. The first kappa shape index (κ1) is 13.6. The van der Waals surface area contributed by atoms with Crippen LogP contribution in [0.3, 0.4) is 0 Å². The van der Waals surface area contributed by atoms with E-state index in [4.69, 9.17) is 4.74 Å². The number of nitrogens with zero attached hydrogens (tertiary/aromatic N) is 1. The molecular weight excluding hydrogens is 234 g/mol. The van der Waals surface area contributed by atoms with Crippen LogP contribution in [0.1, 0.15) is 53.9 Å². The smallest absolute Gasteiger partial charge is 0.130 e. The summed E-state index contributed by atoms with van der Waals surface area (Å²) in [6, 6.07) is 0.630. The third-order valence-electron chi connectivity index (χ3n) is 6.27. The van der Waals surface area contributed by atoms with Crippen LogP contribution in [-0.2, 0) is 4.74 Å². The van der Waals surface area contributed by atoms with E-state index in [2.05, 4.69) is 51.7 Å². The van der Waals surface area contributed by atoms with Crippen LogP contribution in [0.5, 0.6) is 0 Å². The fraction of sp³-hybridized carbons (Fsp3) is 0.882. The van der Waals surface area contributed by atoms with Crippen LogP contribution in [0.2, 0.25) is 0 Å². The van der Waals surface area contributed by atoms with Gasteiger partial charge in [0.15, 0.2) is 0 Å². The third kappa shape index (κ3) is 1.69. The lowest BCUT2D eigenvalue weighted by atomic mass is 9.43. The van der Waals surface area contributed by atoms with Gasteiger partial charge in [0.25, 0.3) is 0 Å². The summed E-state index contributed by atoms with van der Waals surface area (Å²) in [6.45, 7) is 12.8. The van der Waals surface area contributed by atoms with Crippen LogP contribution < -0.4 is 0 Å². The Balaban J connectivity index is 1.91. The Labute approximate surface area is 118 Å². The van der Waals surface area contributed by atoms with Crippen molar-refractivity contribution in [1.82, 2.24) is 4.90 Å². The van der Waals surface area contributed by atoms with E-state index < -0.39 is 0 Å². The summed E-state index contributed by atoms with van der Waals surface area (Å²) in [5, 5.41) is 0. The monoisotopic (exact) mass is 263 g/mol. The summed E-state index contributed by atoms with van der Waals surface area (Å²) in [4.78, 5) is 2.62. The molecule has 1 heterocycles. The van der Waals surface area contributed by atoms with Crippen molar-refractivity contribution in [2.45, 2.75) is 71.8 Å². The molecule has 0 N–H and O–H groups in total. The lowest BCUT2D eigenvalue weighted by Gasteiger charge is -2.65. The second-order valence-corrected chi connectivity index (χ2v) is 7.51. The van der Waals surface area contributed by atoms with E-state index in [1.165, 1.54) is 19.3 Å². The molecule has 4 rings (SSSR count). The Bertz CT molecular complexity index is 389. The zero-order chi connectivity index (χ0) is 13.8. The largest absolute Gasteiger partial charge is 0.351 e. The van der Waals surface area contributed by atoms with Gasteiger partial charge in [-0.05, 0) is 56.4 Å². The predicted molar refractivity (Wildman–Crippen MR) is 78.9 cm³/mol. The molecule has 2 heteroatoms. The number of ether oxygens (including phenoxy) is 1. The molecule has 4 fully saturated rings. The molecule has 0 amide bonds. The van der Waals surface area contributed by atoms with Crippen LogP contribution >= 0.6 is 0 Å². The van der Waals surface area contributed by atoms with Crippen molar-refractivity contribution in [3.63, 3.8) is 0 Å². The van der Waals surface area contributed by atoms with E-state index in [-0.39, 0.29) is 11.8 Å². The molecule has 3 saturated carbocycles. The molecule has 0 radical (unpaired) electrons. The molecule has 1 saturated heterocycles. The summed E-state index contributed by atoms with van der Waals surface area (Å²) in [7, 11) is 0. The second kappa shape index (κ2) is 4.33. The van der Waals surface area contributed by atoms with E-state index in [0.717, 1.165) is 18.4 Å². The Morgan fingerprint density at radius 2 is 2.00 bits per heavy atom. The van der Waals surface area contributed by atoms with Crippen molar-refractivity contribution in [2.24, 2.45) is 17.3 Å². The summed E-state index contributed by atoms with van der Waals surface area (Å²) >= 11 is 0. The molecule has 108 valence electrons. The standard InChI is InChI=1S/C17H29NO/c1-6-8-15-18(9-7-2)14-11-12-10-13(16(12,3)4)17(14,5)19-15/h6,8,12-15H,7,9-11H2,1-5H3/t12-,13-,14?,15?,17?/m1/s1. The Morgan fingerprint density at radius 1 is 1.26 bits per heavy atom. The first-order valence-electron chi connectivity index (χ1n) is 8.01. The quantitative estimate of drug-likeness (QED) is 0.718. The highest BCUT2D eigenvalue weighted by Gasteiger charge is 2.68. The van der Waals surface area contributed by atoms with Crippen molar-refractivity contribution >= 4 is 0 Å². The zero-order valence-electron chi connectivity index (χ0n) is 13.1. The van der Waals surface area contributed by atoms with E-state index in [0.29, 0.717) is 11.5 Å². The molecule has 2 bridgehead atoms. The average Bonchev–Trinajstić information content (AvgIpc) is 2.62. The first-order chi connectivity index (χ1) is 8.95. The number of allylic oxidation sites excluding steroid dienone is 1. The highest BCUT2D eigenvalue weighted by molar-refractivity contribution is 5.19. The van der Waals surface area contributed by atoms with Crippen molar-refractivity contribution < 1.29 is 4.74 Å². The van der Waals surface area contributed by atoms with Crippen molar-refractivity contribution in [1.29, 1.82) is 0 Å². The maximum Gasteiger partial charge on any atom is 0.130 e. The Hall–Kier alpha value is -0.340. The van der Waals surface area contributed by atoms with Gasteiger partial charge in [0.1, 0.15) is 6.23 Å². The minimum atomic E-state index is 0.0671. The maximum atomic E-state index is 6.58. The van der Waals surface area contributed by atoms with Crippen molar-refractivity contribution in [2.75, 3.05) is 6.54 Å². The molecule has 0 aromatic rings. The van der Waals surface area contributed by atoms with Crippen LogP contribution in [0.15, 0.2) is 12.2 Å². The third-order valence-corrected chi connectivity index (χ3v) is 6.27. The maximum absolute atomic E-state index is 6.58. The first-order valence-corrected chi connectivity index (χ1v) is 8.01. The highest BCUT2D eigenvalue weighted by atomic mass is 16.5. The molecule has 3 aliphatic carbocycles. The molecule has 4 aliphatic rings. The van der Waals surface area contributed by atoms with Gasteiger partial charge in [0, 0.05) is 12.6 Å². The summed E-state index contributed by atoms with van der Waals surface area (Å²) < 4.78 is 6.58. The van der Waals surface area contributed by atoms with Gasteiger partial charge < -0.3 is 4.74 Å². The van der Waals surface area contributed by atoms with Crippen LogP contribution in [0.4, 0.5) is 0 Å².